The van der Waals surface area contributed by atoms with Crippen LogP contribution in [0.4, 0.5) is 11.4 Å². The minimum Gasteiger partial charge on any atom is -0.398 e. The molecule has 1 heterocycles. The van der Waals surface area contributed by atoms with Crippen LogP contribution in [0, 0.1) is 10.1 Å². The number of hydrogen-bond donors (Lipinski definition) is 1. The number of nitrogens with two attached hydrogens (primary N) is 1. The fourth-order valence-electron chi connectivity index (χ4n) is 3.18. The van der Waals surface area contributed by atoms with Gasteiger partial charge in [-0.05, 0) is 29.8 Å². The summed E-state index contributed by atoms with van der Waals surface area (Å²) in [6, 6.07) is 18.5. The lowest BCUT2D eigenvalue weighted by molar-refractivity contribution is -0.384. The molecule has 4 rings (SSSR count). The Morgan fingerprint density at radius 3 is 2.55 bits per heavy atom. The number of nitro groups is 1. The summed E-state index contributed by atoms with van der Waals surface area (Å²) < 4.78 is 1.57. The van der Waals surface area contributed by atoms with E-state index < -0.39 is 10.5 Å². The highest BCUT2D eigenvalue weighted by Crippen LogP contribution is 2.28. The first-order chi connectivity index (χ1) is 13.9. The molecule has 0 aliphatic carbocycles. The van der Waals surface area contributed by atoms with E-state index in [2.05, 4.69) is 4.98 Å². The normalized spacial score (nSPS) is 10.9. The minimum atomic E-state index is -0.538. The minimum absolute atomic E-state index is 0.0388. The van der Waals surface area contributed by atoms with E-state index in [4.69, 9.17) is 17.3 Å². The van der Waals surface area contributed by atoms with Gasteiger partial charge >= 0.3 is 0 Å². The number of nitrogen functional groups attached to an aromatic ring is 1. The fourth-order valence-corrected chi connectivity index (χ4v) is 3.35. The third kappa shape index (κ3) is 3.55. The zero-order valence-corrected chi connectivity index (χ0v) is 15.8. The molecule has 0 atom stereocenters. The van der Waals surface area contributed by atoms with Gasteiger partial charge in [0.1, 0.15) is 5.69 Å². The molecule has 1 aromatic heterocycles. The monoisotopic (exact) mass is 406 g/mol. The smallest absolute Gasteiger partial charge is 0.277 e. The zero-order valence-electron chi connectivity index (χ0n) is 15.1. The van der Waals surface area contributed by atoms with Gasteiger partial charge in [-0.15, -0.1) is 0 Å². The van der Waals surface area contributed by atoms with E-state index in [9.17, 15) is 14.9 Å². The van der Waals surface area contributed by atoms with Crippen molar-refractivity contribution in [2.24, 2.45) is 0 Å². The Bertz CT molecular complexity index is 1300. The summed E-state index contributed by atoms with van der Waals surface area (Å²) in [5.41, 5.74) is 7.98. The summed E-state index contributed by atoms with van der Waals surface area (Å²) in [6.45, 7) is 0.308. The molecule has 0 aliphatic rings. The van der Waals surface area contributed by atoms with Gasteiger partial charge in [-0.25, -0.2) is 4.98 Å². The highest BCUT2D eigenvalue weighted by atomic mass is 35.5. The average Bonchev–Trinajstić information content (AvgIpc) is 2.71. The van der Waals surface area contributed by atoms with Gasteiger partial charge in [-0.2, -0.15) is 0 Å². The van der Waals surface area contributed by atoms with Gasteiger partial charge in [0.2, 0.25) is 0 Å². The van der Waals surface area contributed by atoms with Gasteiger partial charge in [0.05, 0.1) is 22.5 Å². The van der Waals surface area contributed by atoms with Gasteiger partial charge in [0.25, 0.3) is 11.2 Å². The Morgan fingerprint density at radius 1 is 1.07 bits per heavy atom. The number of benzene rings is 3. The first kappa shape index (κ1) is 18.6. The second-order valence-electron chi connectivity index (χ2n) is 6.50. The van der Waals surface area contributed by atoms with Crippen molar-refractivity contribution < 1.29 is 4.92 Å². The third-order valence-electron chi connectivity index (χ3n) is 4.59. The number of anilines is 1. The van der Waals surface area contributed by atoms with Crippen LogP contribution in [-0.4, -0.2) is 14.5 Å². The van der Waals surface area contributed by atoms with Gasteiger partial charge < -0.3 is 10.3 Å². The summed E-state index contributed by atoms with van der Waals surface area (Å²) in [6.07, 6.45) is 0. The van der Waals surface area contributed by atoms with E-state index in [1.54, 1.807) is 22.8 Å². The number of nitrogens with zero attached hydrogens (tertiary/aromatic N) is 3. The number of rotatable bonds is 4. The van der Waals surface area contributed by atoms with Crippen LogP contribution in [0.5, 0.6) is 0 Å². The molecular weight excluding hydrogens is 392 g/mol. The molecule has 0 saturated carbocycles. The van der Waals surface area contributed by atoms with Gasteiger partial charge in [0.15, 0.2) is 0 Å². The lowest BCUT2D eigenvalue weighted by Gasteiger charge is -2.14. The number of aromatic nitrogens is 2. The third-order valence-corrected chi connectivity index (χ3v) is 4.83. The SMILES string of the molecule is Nc1ccc([N+](=O)[O-])cc1-c1nc2cc(Cl)ccc2n(Cc2ccccc2)c1=O. The molecule has 29 heavy (non-hydrogen) atoms. The second-order valence-corrected chi connectivity index (χ2v) is 6.94. The molecule has 3 aromatic carbocycles. The van der Waals surface area contributed by atoms with Crippen molar-refractivity contribution in [1.29, 1.82) is 0 Å². The Labute approximate surface area is 170 Å². The molecule has 144 valence electrons. The molecule has 4 aromatic rings. The number of fused-ring (bicyclic) bond motifs is 1. The molecular formula is C21H15ClN4O3. The molecule has 0 unspecified atom stereocenters. The molecule has 0 radical (unpaired) electrons. The number of nitro benzene ring substituents is 1. The van der Waals surface area contributed by atoms with Crippen LogP contribution in [0.25, 0.3) is 22.3 Å². The first-order valence-corrected chi connectivity index (χ1v) is 9.10. The van der Waals surface area contributed by atoms with Crippen molar-refractivity contribution in [1.82, 2.24) is 9.55 Å². The van der Waals surface area contributed by atoms with Crippen LogP contribution in [0.2, 0.25) is 5.02 Å². The average molecular weight is 407 g/mol. The predicted octanol–water partition coefficient (Wildman–Crippen LogP) is 4.26. The fraction of sp³-hybridized carbons (Fsp3) is 0.0476. The quantitative estimate of drug-likeness (QED) is 0.310. The highest BCUT2D eigenvalue weighted by Gasteiger charge is 2.18. The summed E-state index contributed by atoms with van der Waals surface area (Å²) in [5.74, 6) is 0. The summed E-state index contributed by atoms with van der Waals surface area (Å²) >= 11 is 6.13. The maximum atomic E-state index is 13.3. The predicted molar refractivity (Wildman–Crippen MR) is 113 cm³/mol. The summed E-state index contributed by atoms with van der Waals surface area (Å²) in [4.78, 5) is 28.4. The molecule has 8 heteroatoms. The van der Waals surface area contributed by atoms with Gasteiger partial charge in [-0.3, -0.25) is 14.9 Å². The molecule has 0 spiro atoms. The van der Waals surface area contributed by atoms with E-state index >= 15 is 0 Å². The lowest BCUT2D eigenvalue weighted by atomic mass is 10.1. The molecule has 0 fully saturated rings. The number of halogens is 1. The standard InChI is InChI=1S/C21H15ClN4O3/c22-14-6-9-19-18(10-14)24-20(16-11-15(26(28)29)7-8-17(16)23)21(27)25(19)12-13-4-2-1-3-5-13/h1-11H,12,23H2. The maximum Gasteiger partial charge on any atom is 0.277 e. The molecule has 0 saturated heterocycles. The Balaban J connectivity index is 2.01. The van der Waals surface area contributed by atoms with Gasteiger partial charge in [-0.1, -0.05) is 41.9 Å². The topological polar surface area (TPSA) is 104 Å². The molecule has 0 bridgehead atoms. The van der Waals surface area contributed by atoms with Gasteiger partial charge in [0, 0.05) is 28.4 Å². The summed E-state index contributed by atoms with van der Waals surface area (Å²) in [5, 5.41) is 11.7. The molecule has 2 N–H and O–H groups in total. The van der Waals surface area contributed by atoms with Crippen molar-refractivity contribution in [2.75, 3.05) is 5.73 Å². The Kier molecular flexibility index (Phi) is 4.74. The van der Waals surface area contributed by atoms with Crippen LogP contribution in [0.3, 0.4) is 0 Å². The van der Waals surface area contributed by atoms with Crippen molar-refractivity contribution in [3.63, 3.8) is 0 Å². The highest BCUT2D eigenvalue weighted by molar-refractivity contribution is 6.31. The van der Waals surface area contributed by atoms with E-state index in [0.29, 0.717) is 22.6 Å². The molecule has 0 aliphatic heterocycles. The number of hydrogen-bond acceptors (Lipinski definition) is 5. The van der Waals surface area contributed by atoms with Crippen LogP contribution < -0.4 is 11.3 Å². The second kappa shape index (κ2) is 7.37. The Hall–Kier alpha value is -3.71. The largest absolute Gasteiger partial charge is 0.398 e. The van der Waals surface area contributed by atoms with Crippen LogP contribution in [-0.2, 0) is 6.54 Å². The zero-order chi connectivity index (χ0) is 20.5. The van der Waals surface area contributed by atoms with E-state index in [-0.39, 0.29) is 22.6 Å². The van der Waals surface area contributed by atoms with Crippen molar-refractivity contribution >= 4 is 34.0 Å². The van der Waals surface area contributed by atoms with Crippen LogP contribution in [0.1, 0.15) is 5.56 Å². The number of non-ortho nitro benzene ring substituents is 1. The van der Waals surface area contributed by atoms with Crippen LogP contribution in [0.15, 0.2) is 71.5 Å². The van der Waals surface area contributed by atoms with E-state index in [1.807, 2.05) is 30.3 Å². The van der Waals surface area contributed by atoms with Crippen molar-refractivity contribution in [2.45, 2.75) is 6.54 Å². The first-order valence-electron chi connectivity index (χ1n) is 8.72. The molecule has 7 nitrogen and oxygen atoms in total. The Morgan fingerprint density at radius 2 is 1.83 bits per heavy atom. The summed E-state index contributed by atoms with van der Waals surface area (Å²) in [7, 11) is 0. The van der Waals surface area contributed by atoms with Crippen molar-refractivity contribution in [3.05, 3.63) is 97.8 Å². The van der Waals surface area contributed by atoms with E-state index in [0.717, 1.165) is 5.56 Å². The maximum absolute atomic E-state index is 13.3. The lowest BCUT2D eigenvalue weighted by Crippen LogP contribution is -2.24. The molecule has 0 amide bonds. The van der Waals surface area contributed by atoms with Crippen molar-refractivity contribution in [3.8, 4) is 11.3 Å². The van der Waals surface area contributed by atoms with Crippen LogP contribution >= 0.6 is 11.6 Å². The van der Waals surface area contributed by atoms with E-state index in [1.165, 1.54) is 18.2 Å².